The van der Waals surface area contributed by atoms with Crippen molar-refractivity contribution in [2.45, 2.75) is 151 Å². The fraction of sp³-hybridized carbons (Fsp3) is 0.909. The van der Waals surface area contributed by atoms with Gasteiger partial charge >= 0.3 is 0 Å². The lowest BCUT2D eigenvalue weighted by atomic mass is 9.72. The highest BCUT2D eigenvalue weighted by atomic mass is 35.5. The highest BCUT2D eigenvalue weighted by Gasteiger charge is 2.50. The van der Waals surface area contributed by atoms with Gasteiger partial charge in [-0.25, -0.2) is 10.9 Å². The number of methoxy groups -OCH3 is 1. The molecule has 45 heavy (non-hydrogen) atoms. The smallest absolute Gasteiger partial charge is 0.223 e. The number of hydrogen-bond donors (Lipinski definition) is 5. The summed E-state index contributed by atoms with van der Waals surface area (Å²) < 4.78 is 5.87. The van der Waals surface area contributed by atoms with Crippen molar-refractivity contribution >= 4 is 37.4 Å². The second-order valence-corrected chi connectivity index (χ2v) is 19.8. The molecule has 5 rings (SSSR count). The van der Waals surface area contributed by atoms with Crippen LogP contribution >= 0.6 is 11.6 Å². The maximum absolute atomic E-state index is 13.3. The molecule has 0 spiro atoms. The zero-order valence-corrected chi connectivity index (χ0v) is 29.8. The summed E-state index contributed by atoms with van der Waals surface area (Å²) in [6.45, 7) is 7.44. The largest absolute Gasteiger partial charge is 0.432 e. The molecular formula is C33H59ClN6O4Si. The lowest BCUT2D eigenvalue weighted by Crippen LogP contribution is -2.55. The van der Waals surface area contributed by atoms with Crippen LogP contribution in [0, 0.1) is 17.8 Å². The van der Waals surface area contributed by atoms with Crippen LogP contribution in [-0.2, 0) is 14.3 Å². The van der Waals surface area contributed by atoms with Gasteiger partial charge < -0.3 is 20.2 Å². The monoisotopic (exact) mass is 666 g/mol. The topological polar surface area (TPSA) is 127 Å². The van der Waals surface area contributed by atoms with Gasteiger partial charge in [0.25, 0.3) is 0 Å². The average Bonchev–Trinajstić information content (AvgIpc) is 3.35. The minimum absolute atomic E-state index is 0.0321. The third kappa shape index (κ3) is 8.89. The number of carbonyl (C=O) groups is 2. The molecule has 0 aromatic heterocycles. The number of carbonyl (C=O) groups excluding carboxylic acids is 2. The summed E-state index contributed by atoms with van der Waals surface area (Å²) in [5.74, 6) is 0.993. The minimum Gasteiger partial charge on any atom is -0.432 e. The molecule has 256 valence electrons. The van der Waals surface area contributed by atoms with Crippen LogP contribution in [0.5, 0.6) is 0 Å². The van der Waals surface area contributed by atoms with Gasteiger partial charge in [0, 0.05) is 49.2 Å². The Morgan fingerprint density at radius 1 is 1.00 bits per heavy atom. The molecule has 2 amide bonds. The van der Waals surface area contributed by atoms with Gasteiger partial charge in [0.1, 0.15) is 0 Å². The highest BCUT2D eigenvalue weighted by Crippen LogP contribution is 2.42. The minimum atomic E-state index is -2.11. The molecule has 5 unspecified atom stereocenters. The van der Waals surface area contributed by atoms with Crippen LogP contribution in [0.15, 0.2) is 4.99 Å². The zero-order valence-electron chi connectivity index (χ0n) is 28.0. The molecule has 10 nitrogen and oxygen atoms in total. The van der Waals surface area contributed by atoms with E-state index in [1.165, 1.54) is 5.71 Å². The summed E-state index contributed by atoms with van der Waals surface area (Å²) in [6.07, 6.45) is 13.3. The molecule has 6 atom stereocenters. The Kier molecular flexibility index (Phi) is 12.4. The number of nitrogens with one attached hydrogen (secondary N) is 4. The molecular weight excluding hydrogens is 608 g/mol. The second kappa shape index (κ2) is 15.9. The van der Waals surface area contributed by atoms with Gasteiger partial charge in [-0.1, -0.05) is 0 Å². The van der Waals surface area contributed by atoms with E-state index in [2.05, 4.69) is 33.3 Å². The van der Waals surface area contributed by atoms with Crippen molar-refractivity contribution < 1.29 is 19.1 Å². The van der Waals surface area contributed by atoms with Gasteiger partial charge in [0.15, 0.2) is 8.32 Å². The summed E-state index contributed by atoms with van der Waals surface area (Å²) in [5, 5.41) is 6.51. The van der Waals surface area contributed by atoms with Crippen LogP contribution in [0.4, 0.5) is 0 Å². The Hall–Kier alpha value is -1.08. The molecule has 1 saturated heterocycles. The molecule has 0 bridgehead atoms. The van der Waals surface area contributed by atoms with Crippen molar-refractivity contribution in [2.75, 3.05) is 20.2 Å². The first-order chi connectivity index (χ1) is 21.5. The van der Waals surface area contributed by atoms with Crippen molar-refractivity contribution in [2.24, 2.45) is 22.7 Å². The molecule has 0 aromatic rings. The van der Waals surface area contributed by atoms with Gasteiger partial charge in [0.2, 0.25) is 11.8 Å². The van der Waals surface area contributed by atoms with Crippen LogP contribution < -0.4 is 21.5 Å². The number of ether oxygens (including phenoxy) is 1. The summed E-state index contributed by atoms with van der Waals surface area (Å²) in [6, 6.07) is 0.194. The second-order valence-electron chi connectivity index (χ2n) is 15.0. The number of hydrazine groups is 1. The number of halogens is 1. The molecule has 2 heterocycles. The zero-order chi connectivity index (χ0) is 32.1. The SMILES string of the molecule is COC1CCC2C(C1)C(C1CCC(Cl)CC1)=N[C@@H](CC(=O)NCCCCNC(=O)C1CCC([Si](C)(C)O)CC1)C1NNC(C)N21. The number of amides is 2. The summed E-state index contributed by atoms with van der Waals surface area (Å²) in [5.41, 5.74) is 8.66. The Balaban J connectivity index is 1.13. The first-order valence-electron chi connectivity index (χ1n) is 17.8. The Morgan fingerprint density at radius 3 is 2.36 bits per heavy atom. The number of rotatable bonds is 11. The van der Waals surface area contributed by atoms with Crippen LogP contribution in [0.25, 0.3) is 0 Å². The summed E-state index contributed by atoms with van der Waals surface area (Å²) in [4.78, 5) is 44.4. The van der Waals surface area contributed by atoms with E-state index < -0.39 is 8.32 Å². The molecule has 0 aromatic carbocycles. The Bertz CT molecular complexity index is 1030. The number of fused-ring (bicyclic) bond motifs is 3. The van der Waals surface area contributed by atoms with Gasteiger partial charge in [-0.3, -0.25) is 19.5 Å². The van der Waals surface area contributed by atoms with Crippen molar-refractivity contribution in [3.8, 4) is 0 Å². The van der Waals surface area contributed by atoms with E-state index in [1.807, 2.05) is 20.2 Å². The predicted octanol–water partition coefficient (Wildman–Crippen LogP) is 4.03. The average molecular weight is 667 g/mol. The molecule has 0 radical (unpaired) electrons. The molecule has 2 aliphatic heterocycles. The van der Waals surface area contributed by atoms with E-state index in [-0.39, 0.29) is 47.6 Å². The van der Waals surface area contributed by atoms with Crippen molar-refractivity contribution in [1.29, 1.82) is 0 Å². The first kappa shape index (κ1) is 35.2. The maximum Gasteiger partial charge on any atom is 0.223 e. The molecule has 4 fully saturated rings. The third-order valence-electron chi connectivity index (χ3n) is 11.5. The van der Waals surface area contributed by atoms with E-state index >= 15 is 0 Å². The standard InChI is InChI=1S/C33H59ClN6O4Si/c1-21-38-39-32-28(20-30(41)35-17-5-6-18-36-33(42)23-9-14-26(15-10-23)45(3,4)43)37-31(22-7-11-24(34)12-8-22)27-19-25(44-2)13-16-29(27)40(21)32/h21-29,32,38-39,43H,5-20H2,1-4H3,(H,35,41)(H,36,42)/t21?,22?,23?,24?,25?,26?,27?,28-,29?,32?/m0/s1. The van der Waals surface area contributed by atoms with Gasteiger partial charge in [-0.2, -0.15) is 0 Å². The molecule has 12 heteroatoms. The maximum atomic E-state index is 13.3. The number of alkyl halides is 1. The van der Waals surface area contributed by atoms with E-state index in [0.717, 1.165) is 83.5 Å². The lowest BCUT2D eigenvalue weighted by Gasteiger charge is -2.44. The van der Waals surface area contributed by atoms with Crippen molar-refractivity contribution in [1.82, 2.24) is 26.4 Å². The number of aliphatic imine (C=N–C) groups is 1. The van der Waals surface area contributed by atoms with E-state index in [9.17, 15) is 14.4 Å². The molecule has 5 N–H and O–H groups in total. The van der Waals surface area contributed by atoms with E-state index in [0.29, 0.717) is 42.9 Å². The first-order valence-corrected chi connectivity index (χ1v) is 21.3. The van der Waals surface area contributed by atoms with Crippen LogP contribution in [-0.4, -0.2) is 91.6 Å². The molecule has 5 aliphatic rings. The normalized spacial score (nSPS) is 37.6. The third-order valence-corrected chi connectivity index (χ3v) is 14.6. The molecule has 3 aliphatic carbocycles. The van der Waals surface area contributed by atoms with E-state index in [1.54, 1.807) is 0 Å². The van der Waals surface area contributed by atoms with Crippen molar-refractivity contribution in [3.63, 3.8) is 0 Å². The fourth-order valence-corrected chi connectivity index (χ4v) is 10.8. The van der Waals surface area contributed by atoms with Gasteiger partial charge in [-0.05, 0) is 115 Å². The van der Waals surface area contributed by atoms with Gasteiger partial charge in [-0.15, -0.1) is 11.6 Å². The number of hydrogen-bond acceptors (Lipinski definition) is 8. The van der Waals surface area contributed by atoms with Crippen LogP contribution in [0.3, 0.4) is 0 Å². The van der Waals surface area contributed by atoms with Crippen LogP contribution in [0.2, 0.25) is 18.6 Å². The predicted molar refractivity (Wildman–Crippen MR) is 181 cm³/mol. The Labute approximate surface area is 276 Å². The summed E-state index contributed by atoms with van der Waals surface area (Å²) in [7, 11) is -0.285. The summed E-state index contributed by atoms with van der Waals surface area (Å²) >= 11 is 6.51. The van der Waals surface area contributed by atoms with Crippen LogP contribution in [0.1, 0.15) is 96.8 Å². The van der Waals surface area contributed by atoms with E-state index in [4.69, 9.17) is 21.3 Å². The quantitative estimate of drug-likeness (QED) is 0.128. The number of unbranched alkanes of at least 4 members (excludes halogenated alkanes) is 1. The molecule has 3 saturated carbocycles. The van der Waals surface area contributed by atoms with Gasteiger partial charge in [0.05, 0.1) is 30.9 Å². The van der Waals surface area contributed by atoms with Crippen molar-refractivity contribution in [3.05, 3.63) is 0 Å². The Morgan fingerprint density at radius 2 is 1.69 bits per heavy atom. The highest BCUT2D eigenvalue weighted by molar-refractivity contribution is 6.71. The lowest BCUT2D eigenvalue weighted by molar-refractivity contribution is -0.126. The number of nitrogens with zero attached hydrogens (tertiary/aromatic N) is 2. The fourth-order valence-electron chi connectivity index (χ4n) is 8.82.